The maximum Gasteiger partial charge on any atom is 0.333 e. The van der Waals surface area contributed by atoms with Crippen molar-refractivity contribution in [1.29, 1.82) is 0 Å². The van der Waals surface area contributed by atoms with Gasteiger partial charge in [0.1, 0.15) is 0 Å². The molecule has 10 heavy (non-hydrogen) atoms. The van der Waals surface area contributed by atoms with E-state index in [-0.39, 0.29) is 0 Å². The third-order valence-corrected chi connectivity index (χ3v) is 1.80. The van der Waals surface area contributed by atoms with Crippen molar-refractivity contribution in [2.75, 3.05) is 6.54 Å². The summed E-state index contributed by atoms with van der Waals surface area (Å²) in [5.74, 6) is -0.842. The van der Waals surface area contributed by atoms with Crippen LogP contribution in [0.3, 0.4) is 0 Å². The van der Waals surface area contributed by atoms with Gasteiger partial charge in [0, 0.05) is 6.20 Å². The molecule has 0 fully saturated rings. The monoisotopic (exact) mass is 251 g/mol. The molecule has 0 saturated heterocycles. The zero-order chi connectivity index (χ0) is 7.56. The molecule has 0 aromatic heterocycles. The van der Waals surface area contributed by atoms with Crippen LogP contribution in [0.5, 0.6) is 0 Å². The minimum Gasteiger partial charge on any atom is -0.478 e. The summed E-state index contributed by atoms with van der Waals surface area (Å²) < 4.78 is 1.79. The molecule has 0 unspecified atom stereocenters. The van der Waals surface area contributed by atoms with Crippen molar-refractivity contribution in [2.45, 2.75) is 0 Å². The highest BCUT2D eigenvalue weighted by Gasteiger charge is 2.10. The van der Waals surface area contributed by atoms with E-state index in [0.717, 1.165) is 0 Å². The predicted molar refractivity (Wildman–Crippen MR) is 45.6 cm³/mol. The SMILES string of the molecule is O=C(O)C1=CC=CN(I)C1. The zero-order valence-corrected chi connectivity index (χ0v) is 7.28. The zero-order valence-electron chi connectivity index (χ0n) is 5.12. The van der Waals surface area contributed by atoms with Gasteiger partial charge >= 0.3 is 5.97 Å². The Labute approximate surface area is 72.5 Å². The van der Waals surface area contributed by atoms with E-state index in [1.165, 1.54) is 0 Å². The van der Waals surface area contributed by atoms with Crippen molar-refractivity contribution < 1.29 is 9.90 Å². The minimum absolute atomic E-state index is 0.428. The smallest absolute Gasteiger partial charge is 0.333 e. The lowest BCUT2D eigenvalue weighted by Crippen LogP contribution is -2.16. The molecule has 0 aliphatic carbocycles. The van der Waals surface area contributed by atoms with Crippen LogP contribution in [-0.4, -0.2) is 20.7 Å². The van der Waals surface area contributed by atoms with Crippen molar-refractivity contribution in [3.05, 3.63) is 23.9 Å². The van der Waals surface area contributed by atoms with Gasteiger partial charge in [0.05, 0.1) is 35.0 Å². The van der Waals surface area contributed by atoms with Gasteiger partial charge in [0.2, 0.25) is 0 Å². The molecule has 1 heterocycles. The molecule has 0 bridgehead atoms. The second-order valence-corrected chi connectivity index (χ2v) is 3.14. The van der Waals surface area contributed by atoms with Crippen molar-refractivity contribution >= 4 is 28.8 Å². The van der Waals surface area contributed by atoms with Gasteiger partial charge in [-0.15, -0.1) is 0 Å². The van der Waals surface area contributed by atoms with Gasteiger partial charge in [0.15, 0.2) is 0 Å². The van der Waals surface area contributed by atoms with Gasteiger partial charge in [-0.05, 0) is 12.2 Å². The van der Waals surface area contributed by atoms with Gasteiger partial charge in [0.25, 0.3) is 0 Å². The second kappa shape index (κ2) is 3.05. The summed E-state index contributed by atoms with van der Waals surface area (Å²) >= 11 is 2.05. The van der Waals surface area contributed by atoms with E-state index in [9.17, 15) is 4.79 Å². The Bertz CT molecular complexity index is 210. The van der Waals surface area contributed by atoms with E-state index in [1.54, 1.807) is 15.3 Å². The normalized spacial score (nSPS) is 16.9. The third kappa shape index (κ3) is 1.73. The maximum atomic E-state index is 10.4. The second-order valence-electron chi connectivity index (χ2n) is 1.90. The summed E-state index contributed by atoms with van der Waals surface area (Å²) in [5, 5.41) is 8.52. The van der Waals surface area contributed by atoms with Crippen LogP contribution >= 0.6 is 22.9 Å². The first kappa shape index (κ1) is 7.59. The van der Waals surface area contributed by atoms with Crippen LogP contribution in [0.4, 0.5) is 0 Å². The van der Waals surface area contributed by atoms with E-state index in [2.05, 4.69) is 0 Å². The average molecular weight is 251 g/mol. The molecular formula is C6H6INO2. The number of carboxylic acid groups (broad SMARTS) is 1. The average Bonchev–Trinajstić information content (AvgIpc) is 1.88. The predicted octanol–water partition coefficient (Wildman–Crippen LogP) is 1.18. The fourth-order valence-corrected chi connectivity index (χ4v) is 1.21. The van der Waals surface area contributed by atoms with Gasteiger partial charge < -0.3 is 8.22 Å². The summed E-state index contributed by atoms with van der Waals surface area (Å²) in [6.45, 7) is 0.479. The highest BCUT2D eigenvalue weighted by Crippen LogP contribution is 2.10. The van der Waals surface area contributed by atoms with Crippen LogP contribution in [0.2, 0.25) is 0 Å². The highest BCUT2D eigenvalue weighted by molar-refractivity contribution is 14.1. The number of rotatable bonds is 1. The van der Waals surface area contributed by atoms with Crippen molar-refractivity contribution in [3.8, 4) is 0 Å². The summed E-state index contributed by atoms with van der Waals surface area (Å²) in [5.41, 5.74) is 0.428. The number of carboxylic acids is 1. The summed E-state index contributed by atoms with van der Waals surface area (Å²) in [4.78, 5) is 10.4. The van der Waals surface area contributed by atoms with Gasteiger partial charge in [-0.3, -0.25) is 0 Å². The molecule has 0 saturated carbocycles. The molecule has 0 atom stereocenters. The van der Waals surface area contributed by atoms with Gasteiger partial charge in [-0.2, -0.15) is 0 Å². The molecule has 3 nitrogen and oxygen atoms in total. The number of hydrogen-bond donors (Lipinski definition) is 1. The van der Waals surface area contributed by atoms with E-state index in [1.807, 2.05) is 29.1 Å². The van der Waals surface area contributed by atoms with Crippen LogP contribution in [0.1, 0.15) is 0 Å². The summed E-state index contributed by atoms with van der Waals surface area (Å²) in [7, 11) is 0. The molecule has 1 rings (SSSR count). The van der Waals surface area contributed by atoms with E-state index in [0.29, 0.717) is 12.1 Å². The minimum atomic E-state index is -0.842. The van der Waals surface area contributed by atoms with Crippen molar-refractivity contribution in [2.24, 2.45) is 0 Å². The quantitative estimate of drug-likeness (QED) is 0.561. The number of carbonyl (C=O) groups is 1. The molecule has 0 spiro atoms. The van der Waals surface area contributed by atoms with Crippen LogP contribution in [-0.2, 0) is 4.79 Å². The number of hydrogen-bond acceptors (Lipinski definition) is 2. The lowest BCUT2D eigenvalue weighted by atomic mass is 10.2. The largest absolute Gasteiger partial charge is 0.478 e. The Morgan fingerprint density at radius 1 is 1.80 bits per heavy atom. The first-order valence-corrected chi connectivity index (χ1v) is 3.69. The maximum absolute atomic E-state index is 10.4. The fraction of sp³-hybridized carbons (Fsp3) is 0.167. The van der Waals surface area contributed by atoms with Crippen LogP contribution < -0.4 is 0 Å². The highest BCUT2D eigenvalue weighted by atomic mass is 127. The number of aliphatic carboxylic acids is 1. The van der Waals surface area contributed by atoms with Crippen LogP contribution in [0.25, 0.3) is 0 Å². The molecular weight excluding hydrogens is 245 g/mol. The Hall–Kier alpha value is -0.520. The molecule has 4 heteroatoms. The fourth-order valence-electron chi connectivity index (χ4n) is 0.660. The van der Waals surface area contributed by atoms with E-state index in [4.69, 9.17) is 5.11 Å². The molecule has 1 N–H and O–H groups in total. The molecule has 0 amide bonds. The molecule has 0 aromatic rings. The first-order chi connectivity index (χ1) is 4.70. The summed E-state index contributed by atoms with van der Waals surface area (Å²) in [6, 6.07) is 0. The van der Waals surface area contributed by atoms with Crippen LogP contribution in [0, 0.1) is 0 Å². The Morgan fingerprint density at radius 3 is 2.90 bits per heavy atom. The summed E-state index contributed by atoms with van der Waals surface area (Å²) in [6.07, 6.45) is 5.16. The van der Waals surface area contributed by atoms with Crippen LogP contribution in [0.15, 0.2) is 23.9 Å². The molecule has 1 aliphatic rings. The molecule has 54 valence electrons. The molecule has 1 aliphatic heterocycles. The number of halogens is 1. The Balaban J connectivity index is 2.71. The topological polar surface area (TPSA) is 40.5 Å². The number of allylic oxidation sites excluding steroid dienone is 2. The Kier molecular flexibility index (Phi) is 2.31. The third-order valence-electron chi connectivity index (χ3n) is 1.14. The van der Waals surface area contributed by atoms with Gasteiger partial charge in [-0.25, -0.2) is 4.79 Å². The van der Waals surface area contributed by atoms with Crippen molar-refractivity contribution in [3.63, 3.8) is 0 Å². The first-order valence-electron chi connectivity index (χ1n) is 2.73. The Morgan fingerprint density at radius 2 is 2.50 bits per heavy atom. The standard InChI is InChI=1S/C6H6INO2/c7-8-3-1-2-5(4-8)6(9)10/h1-3H,4H2,(H,9,10). The lowest BCUT2D eigenvalue weighted by molar-refractivity contribution is -0.132. The van der Waals surface area contributed by atoms with Gasteiger partial charge in [-0.1, -0.05) is 0 Å². The molecule has 0 radical (unpaired) electrons. The molecule has 0 aromatic carbocycles. The van der Waals surface area contributed by atoms with E-state index >= 15 is 0 Å². The number of nitrogens with zero attached hydrogens (tertiary/aromatic N) is 1. The lowest BCUT2D eigenvalue weighted by Gasteiger charge is -2.14. The van der Waals surface area contributed by atoms with Crippen molar-refractivity contribution in [1.82, 2.24) is 3.11 Å². The van der Waals surface area contributed by atoms with E-state index < -0.39 is 5.97 Å².